The summed E-state index contributed by atoms with van der Waals surface area (Å²) in [6.07, 6.45) is 0. The summed E-state index contributed by atoms with van der Waals surface area (Å²) in [5, 5.41) is 0. The minimum atomic E-state index is -1.52. The SMILES string of the molecule is Cc1c(C(C)(C)C)s/c(=N\C(=O)c2c(F)ccc(F)c2F)n1C. The summed E-state index contributed by atoms with van der Waals surface area (Å²) >= 11 is 1.27. The Morgan fingerprint density at radius 3 is 2.26 bits per heavy atom. The third-order valence-electron chi connectivity index (χ3n) is 3.45. The van der Waals surface area contributed by atoms with Gasteiger partial charge in [0.15, 0.2) is 16.4 Å². The van der Waals surface area contributed by atoms with Crippen LogP contribution in [0.5, 0.6) is 0 Å². The number of halogens is 3. The Kier molecular flexibility index (Phi) is 4.52. The van der Waals surface area contributed by atoms with Crippen LogP contribution < -0.4 is 4.80 Å². The zero-order valence-electron chi connectivity index (χ0n) is 13.5. The quantitative estimate of drug-likeness (QED) is 0.725. The number of benzene rings is 1. The minimum absolute atomic E-state index is 0.154. The molecule has 0 atom stereocenters. The molecule has 1 heterocycles. The monoisotopic (exact) mass is 342 g/mol. The summed E-state index contributed by atoms with van der Waals surface area (Å²) in [4.78, 5) is 17.2. The summed E-state index contributed by atoms with van der Waals surface area (Å²) in [5.74, 6) is -5.08. The van der Waals surface area contributed by atoms with E-state index in [1.54, 1.807) is 11.6 Å². The first-order chi connectivity index (χ1) is 10.5. The first-order valence-corrected chi connectivity index (χ1v) is 7.75. The molecular formula is C16H17F3N2OS. The van der Waals surface area contributed by atoms with E-state index < -0.39 is 28.9 Å². The van der Waals surface area contributed by atoms with Crippen molar-refractivity contribution in [3.63, 3.8) is 0 Å². The Bertz CT molecular complexity index is 844. The number of hydrogen-bond donors (Lipinski definition) is 0. The molecule has 0 bridgehead atoms. The predicted octanol–water partition coefficient (Wildman–Crippen LogP) is 3.85. The van der Waals surface area contributed by atoms with Crippen LogP contribution in [0.25, 0.3) is 0 Å². The fraction of sp³-hybridized carbons (Fsp3) is 0.375. The van der Waals surface area contributed by atoms with E-state index in [1.807, 2.05) is 27.7 Å². The lowest BCUT2D eigenvalue weighted by atomic mass is 9.93. The molecule has 3 nitrogen and oxygen atoms in total. The smallest absolute Gasteiger partial charge is 0.285 e. The van der Waals surface area contributed by atoms with Crippen LogP contribution in [0.2, 0.25) is 0 Å². The molecule has 0 fully saturated rings. The molecule has 0 saturated heterocycles. The zero-order chi connectivity index (χ0) is 17.5. The maximum Gasteiger partial charge on any atom is 0.285 e. The van der Waals surface area contributed by atoms with Crippen molar-refractivity contribution in [2.24, 2.45) is 12.0 Å². The summed E-state index contributed by atoms with van der Waals surface area (Å²) in [6, 6.07) is 1.34. The number of nitrogens with zero attached hydrogens (tertiary/aromatic N) is 2. The van der Waals surface area contributed by atoms with Crippen LogP contribution in [-0.2, 0) is 12.5 Å². The van der Waals surface area contributed by atoms with Gasteiger partial charge in [-0.2, -0.15) is 4.99 Å². The van der Waals surface area contributed by atoms with E-state index in [2.05, 4.69) is 4.99 Å². The van der Waals surface area contributed by atoms with Gasteiger partial charge in [-0.05, 0) is 24.5 Å². The molecule has 7 heteroatoms. The van der Waals surface area contributed by atoms with Crippen molar-refractivity contribution in [1.82, 2.24) is 4.57 Å². The van der Waals surface area contributed by atoms with Gasteiger partial charge in [-0.25, -0.2) is 13.2 Å². The molecule has 1 aromatic heterocycles. The topological polar surface area (TPSA) is 34.4 Å². The number of thiazole rings is 1. The lowest BCUT2D eigenvalue weighted by Crippen LogP contribution is -2.16. The average Bonchev–Trinajstić information content (AvgIpc) is 2.71. The van der Waals surface area contributed by atoms with Crippen LogP contribution in [0.3, 0.4) is 0 Å². The van der Waals surface area contributed by atoms with Gasteiger partial charge < -0.3 is 4.57 Å². The molecule has 23 heavy (non-hydrogen) atoms. The number of carbonyl (C=O) groups excluding carboxylic acids is 1. The highest BCUT2D eigenvalue weighted by molar-refractivity contribution is 7.09. The maximum atomic E-state index is 13.7. The fourth-order valence-corrected chi connectivity index (χ4v) is 3.36. The first-order valence-electron chi connectivity index (χ1n) is 6.93. The number of carbonyl (C=O) groups is 1. The first kappa shape index (κ1) is 17.5. The molecule has 124 valence electrons. The molecule has 0 radical (unpaired) electrons. The zero-order valence-corrected chi connectivity index (χ0v) is 14.3. The van der Waals surface area contributed by atoms with Crippen LogP contribution in [0.15, 0.2) is 17.1 Å². The van der Waals surface area contributed by atoms with Gasteiger partial charge in [0.25, 0.3) is 5.91 Å². The number of aromatic nitrogens is 1. The van der Waals surface area contributed by atoms with Crippen LogP contribution in [0, 0.1) is 24.4 Å². The lowest BCUT2D eigenvalue weighted by molar-refractivity contribution is 0.0988. The summed E-state index contributed by atoms with van der Waals surface area (Å²) in [6.45, 7) is 7.93. The van der Waals surface area contributed by atoms with Crippen LogP contribution >= 0.6 is 11.3 Å². The Morgan fingerprint density at radius 1 is 1.17 bits per heavy atom. The van der Waals surface area contributed by atoms with Crippen LogP contribution in [0.4, 0.5) is 13.2 Å². The molecule has 2 aromatic rings. The third kappa shape index (κ3) is 3.24. The largest absolute Gasteiger partial charge is 0.324 e. The van der Waals surface area contributed by atoms with Gasteiger partial charge in [0.05, 0.1) is 0 Å². The van der Waals surface area contributed by atoms with Crippen LogP contribution in [-0.4, -0.2) is 10.5 Å². The van der Waals surface area contributed by atoms with Crippen molar-refractivity contribution in [2.45, 2.75) is 33.1 Å². The summed E-state index contributed by atoms with van der Waals surface area (Å²) in [5.41, 5.74) is -0.221. The molecule has 0 N–H and O–H groups in total. The molecule has 0 aliphatic carbocycles. The molecule has 1 aromatic carbocycles. The van der Waals surface area contributed by atoms with Crippen molar-refractivity contribution in [3.8, 4) is 0 Å². The standard InChI is InChI=1S/C16H17F3N2OS/c1-8-13(16(2,3)4)23-15(21(8)5)20-14(22)11-9(17)6-7-10(18)12(11)19/h6-7H,1-5H3/b20-15-. The van der Waals surface area contributed by atoms with E-state index in [1.165, 1.54) is 11.3 Å². The maximum absolute atomic E-state index is 13.7. The van der Waals surface area contributed by atoms with E-state index in [-0.39, 0.29) is 5.41 Å². The predicted molar refractivity (Wildman–Crippen MR) is 82.9 cm³/mol. The minimum Gasteiger partial charge on any atom is -0.324 e. The Hall–Kier alpha value is -1.89. The molecule has 0 spiro atoms. The highest BCUT2D eigenvalue weighted by Gasteiger charge is 2.23. The van der Waals surface area contributed by atoms with Gasteiger partial charge in [0, 0.05) is 17.6 Å². The average molecular weight is 342 g/mol. The molecule has 0 aliphatic heterocycles. The normalized spacial score (nSPS) is 12.8. The molecule has 0 unspecified atom stereocenters. The Morgan fingerprint density at radius 2 is 1.74 bits per heavy atom. The number of hydrogen-bond acceptors (Lipinski definition) is 2. The molecule has 2 rings (SSSR count). The second-order valence-electron chi connectivity index (χ2n) is 6.24. The van der Waals surface area contributed by atoms with Crippen molar-refractivity contribution in [2.75, 3.05) is 0 Å². The Balaban J connectivity index is 2.61. The van der Waals surface area contributed by atoms with E-state index in [4.69, 9.17) is 0 Å². The number of rotatable bonds is 1. The Labute approximate surface area is 136 Å². The highest BCUT2D eigenvalue weighted by Crippen LogP contribution is 2.27. The number of amides is 1. The van der Waals surface area contributed by atoms with Crippen molar-refractivity contribution >= 4 is 17.2 Å². The van der Waals surface area contributed by atoms with Crippen molar-refractivity contribution in [1.29, 1.82) is 0 Å². The highest BCUT2D eigenvalue weighted by atomic mass is 32.1. The second-order valence-corrected chi connectivity index (χ2v) is 7.22. The van der Waals surface area contributed by atoms with Crippen molar-refractivity contribution in [3.05, 3.63) is 50.5 Å². The van der Waals surface area contributed by atoms with Gasteiger partial charge in [-0.15, -0.1) is 11.3 Å². The summed E-state index contributed by atoms with van der Waals surface area (Å²) < 4.78 is 42.3. The molecule has 0 saturated carbocycles. The van der Waals surface area contributed by atoms with Gasteiger partial charge in [0.2, 0.25) is 0 Å². The third-order valence-corrected chi connectivity index (χ3v) is 5.11. The van der Waals surface area contributed by atoms with Gasteiger partial charge in [-0.1, -0.05) is 20.8 Å². The summed E-state index contributed by atoms with van der Waals surface area (Å²) in [7, 11) is 1.71. The molecule has 0 aliphatic rings. The van der Waals surface area contributed by atoms with Crippen molar-refractivity contribution < 1.29 is 18.0 Å². The van der Waals surface area contributed by atoms with E-state index in [0.29, 0.717) is 16.9 Å². The van der Waals surface area contributed by atoms with Crippen LogP contribution in [0.1, 0.15) is 41.7 Å². The lowest BCUT2D eigenvalue weighted by Gasteiger charge is -2.17. The van der Waals surface area contributed by atoms with Gasteiger partial charge in [-0.3, -0.25) is 4.79 Å². The molecule has 1 amide bonds. The van der Waals surface area contributed by atoms with Gasteiger partial charge >= 0.3 is 0 Å². The van der Waals surface area contributed by atoms with Gasteiger partial charge in [0.1, 0.15) is 11.4 Å². The fourth-order valence-electron chi connectivity index (χ4n) is 2.19. The van der Waals surface area contributed by atoms with E-state index in [9.17, 15) is 18.0 Å². The molecular weight excluding hydrogens is 325 g/mol. The van der Waals surface area contributed by atoms with E-state index >= 15 is 0 Å². The van der Waals surface area contributed by atoms with E-state index in [0.717, 1.165) is 10.6 Å². The second kappa shape index (κ2) is 5.96.